The van der Waals surface area contributed by atoms with E-state index in [1.165, 1.54) is 4.88 Å². The number of carbonyl (C=O) groups excluding carboxylic acids is 1. The molecule has 1 atom stereocenters. The van der Waals surface area contributed by atoms with Gasteiger partial charge in [0.05, 0.1) is 11.6 Å². The van der Waals surface area contributed by atoms with Crippen LogP contribution in [0.25, 0.3) is 0 Å². The molecule has 0 aliphatic rings. The quantitative estimate of drug-likeness (QED) is 0.827. The van der Waals surface area contributed by atoms with Gasteiger partial charge in [0.1, 0.15) is 0 Å². The minimum atomic E-state index is -0.0108. The van der Waals surface area contributed by atoms with Gasteiger partial charge < -0.3 is 10.2 Å². The standard InChI is InChI=1S/C16H20N2OS2/c1-18(2)13(15-9-6-10-21-15)11-17-16(19)12-7-4-5-8-14(12)20-3/h4-10,13H,11H2,1-3H3,(H,17,19). The molecule has 1 aromatic carbocycles. The average molecular weight is 320 g/mol. The second-order valence-corrected chi connectivity index (χ2v) is 6.73. The molecule has 1 aromatic heterocycles. The largest absolute Gasteiger partial charge is 0.350 e. The second-order valence-electron chi connectivity index (χ2n) is 4.91. The van der Waals surface area contributed by atoms with Crippen LogP contribution in [-0.4, -0.2) is 37.7 Å². The van der Waals surface area contributed by atoms with Gasteiger partial charge in [0.2, 0.25) is 0 Å². The summed E-state index contributed by atoms with van der Waals surface area (Å²) in [5.41, 5.74) is 0.744. The maximum absolute atomic E-state index is 12.4. The lowest BCUT2D eigenvalue weighted by molar-refractivity contribution is 0.0939. The van der Waals surface area contributed by atoms with Gasteiger partial charge in [0.25, 0.3) is 5.91 Å². The third-order valence-electron chi connectivity index (χ3n) is 3.30. The number of thiophene rings is 1. The molecule has 1 unspecified atom stereocenters. The van der Waals surface area contributed by atoms with Crippen molar-refractivity contribution in [1.82, 2.24) is 10.2 Å². The predicted octanol–water partition coefficient (Wildman–Crippen LogP) is 3.50. The Bertz CT molecular complexity index is 582. The van der Waals surface area contributed by atoms with Crippen LogP contribution < -0.4 is 5.32 Å². The van der Waals surface area contributed by atoms with E-state index in [-0.39, 0.29) is 11.9 Å². The molecule has 0 saturated heterocycles. The van der Waals surface area contributed by atoms with Crippen LogP contribution in [0.4, 0.5) is 0 Å². The topological polar surface area (TPSA) is 32.3 Å². The average Bonchev–Trinajstić information content (AvgIpc) is 3.01. The monoisotopic (exact) mass is 320 g/mol. The fourth-order valence-corrected chi connectivity index (χ4v) is 3.65. The van der Waals surface area contributed by atoms with Crippen LogP contribution in [0.2, 0.25) is 0 Å². The minimum absolute atomic E-state index is 0.0108. The lowest BCUT2D eigenvalue weighted by Crippen LogP contribution is -2.34. The molecule has 5 heteroatoms. The molecule has 2 rings (SSSR count). The van der Waals surface area contributed by atoms with Crippen LogP contribution >= 0.6 is 23.1 Å². The van der Waals surface area contributed by atoms with E-state index in [2.05, 4.69) is 21.7 Å². The molecule has 0 bridgehead atoms. The Balaban J connectivity index is 2.06. The molecular weight excluding hydrogens is 300 g/mol. The van der Waals surface area contributed by atoms with E-state index in [0.29, 0.717) is 6.54 Å². The number of rotatable bonds is 6. The molecule has 3 nitrogen and oxygen atoms in total. The number of nitrogens with one attached hydrogen (secondary N) is 1. The van der Waals surface area contributed by atoms with Gasteiger partial charge in [0.15, 0.2) is 0 Å². The third-order valence-corrected chi connectivity index (χ3v) is 5.07. The van der Waals surface area contributed by atoms with Gasteiger partial charge in [-0.3, -0.25) is 4.79 Å². The maximum Gasteiger partial charge on any atom is 0.252 e. The van der Waals surface area contributed by atoms with Crippen LogP contribution in [0.15, 0.2) is 46.7 Å². The highest BCUT2D eigenvalue weighted by molar-refractivity contribution is 7.98. The zero-order valence-electron chi connectivity index (χ0n) is 12.5. The van der Waals surface area contributed by atoms with Crippen molar-refractivity contribution < 1.29 is 4.79 Å². The maximum atomic E-state index is 12.4. The van der Waals surface area contributed by atoms with E-state index >= 15 is 0 Å². The molecular formula is C16H20N2OS2. The number of likely N-dealkylation sites (N-methyl/N-ethyl adjacent to an activating group) is 1. The van der Waals surface area contributed by atoms with Crippen LogP contribution in [0.1, 0.15) is 21.3 Å². The van der Waals surface area contributed by atoms with E-state index in [1.54, 1.807) is 23.1 Å². The number of benzene rings is 1. The van der Waals surface area contributed by atoms with Crippen LogP contribution in [0.3, 0.4) is 0 Å². The fraction of sp³-hybridized carbons (Fsp3) is 0.312. The minimum Gasteiger partial charge on any atom is -0.350 e. The van der Waals surface area contributed by atoms with Crippen molar-refractivity contribution in [2.45, 2.75) is 10.9 Å². The van der Waals surface area contributed by atoms with E-state index in [1.807, 2.05) is 50.7 Å². The van der Waals surface area contributed by atoms with Crippen LogP contribution in [0.5, 0.6) is 0 Å². The van der Waals surface area contributed by atoms with E-state index in [9.17, 15) is 4.79 Å². The number of hydrogen-bond donors (Lipinski definition) is 1. The van der Waals surface area contributed by atoms with Gasteiger partial charge in [-0.1, -0.05) is 18.2 Å². The summed E-state index contributed by atoms with van der Waals surface area (Å²) in [7, 11) is 4.07. The molecule has 0 spiro atoms. The van der Waals surface area contributed by atoms with E-state index in [4.69, 9.17) is 0 Å². The molecule has 0 fully saturated rings. The predicted molar refractivity (Wildman–Crippen MR) is 91.3 cm³/mol. The first kappa shape index (κ1) is 16.1. The Morgan fingerprint density at radius 2 is 2.05 bits per heavy atom. The van der Waals surface area contributed by atoms with Crippen molar-refractivity contribution in [3.8, 4) is 0 Å². The summed E-state index contributed by atoms with van der Waals surface area (Å²) in [5.74, 6) is -0.0108. The zero-order valence-corrected chi connectivity index (χ0v) is 14.1. The summed E-state index contributed by atoms with van der Waals surface area (Å²) in [5, 5.41) is 5.12. The number of amides is 1. The number of hydrogen-bond acceptors (Lipinski definition) is 4. The molecule has 2 aromatic rings. The molecule has 1 amide bonds. The van der Waals surface area contributed by atoms with Crippen molar-refractivity contribution in [2.24, 2.45) is 0 Å². The second kappa shape index (κ2) is 7.64. The number of carbonyl (C=O) groups is 1. The zero-order chi connectivity index (χ0) is 15.2. The smallest absolute Gasteiger partial charge is 0.252 e. The first-order valence-corrected chi connectivity index (χ1v) is 8.85. The molecule has 0 saturated carbocycles. The van der Waals surface area contributed by atoms with Gasteiger partial charge in [-0.2, -0.15) is 0 Å². The Kier molecular flexibility index (Phi) is 5.85. The van der Waals surface area contributed by atoms with Crippen LogP contribution in [-0.2, 0) is 0 Å². The fourth-order valence-electron chi connectivity index (χ4n) is 2.14. The highest BCUT2D eigenvalue weighted by Crippen LogP contribution is 2.23. The number of nitrogens with zero attached hydrogens (tertiary/aromatic N) is 1. The van der Waals surface area contributed by atoms with Gasteiger partial charge in [-0.05, 0) is 43.9 Å². The van der Waals surface area contributed by atoms with Crippen molar-refractivity contribution >= 4 is 29.0 Å². The SMILES string of the molecule is CSc1ccccc1C(=O)NCC(c1cccs1)N(C)C. The Hall–Kier alpha value is -1.30. The number of thioether (sulfide) groups is 1. The molecule has 112 valence electrons. The lowest BCUT2D eigenvalue weighted by atomic mass is 10.2. The summed E-state index contributed by atoms with van der Waals surface area (Å²) in [6, 6.07) is 12.1. The van der Waals surface area contributed by atoms with Gasteiger partial charge >= 0.3 is 0 Å². The summed E-state index contributed by atoms with van der Waals surface area (Å²) in [4.78, 5) is 16.8. The van der Waals surface area contributed by atoms with Crippen LogP contribution in [0, 0.1) is 0 Å². The molecule has 1 heterocycles. The van der Waals surface area contributed by atoms with Crippen molar-refractivity contribution in [3.63, 3.8) is 0 Å². The molecule has 0 aliphatic carbocycles. The van der Waals surface area contributed by atoms with E-state index in [0.717, 1.165) is 10.5 Å². The van der Waals surface area contributed by atoms with Gasteiger partial charge in [-0.15, -0.1) is 23.1 Å². The molecule has 21 heavy (non-hydrogen) atoms. The normalized spacial score (nSPS) is 12.4. The van der Waals surface area contributed by atoms with Gasteiger partial charge in [0, 0.05) is 16.3 Å². The Labute approximate surface area is 134 Å². The first-order valence-electron chi connectivity index (χ1n) is 6.74. The lowest BCUT2D eigenvalue weighted by Gasteiger charge is -2.23. The molecule has 0 radical (unpaired) electrons. The highest BCUT2D eigenvalue weighted by atomic mass is 32.2. The molecule has 0 aliphatic heterocycles. The Morgan fingerprint density at radius 1 is 1.29 bits per heavy atom. The van der Waals surface area contributed by atoms with Crippen molar-refractivity contribution in [1.29, 1.82) is 0 Å². The summed E-state index contributed by atoms with van der Waals surface area (Å²) in [6.45, 7) is 0.606. The highest BCUT2D eigenvalue weighted by Gasteiger charge is 2.17. The first-order chi connectivity index (χ1) is 10.1. The summed E-state index contributed by atoms with van der Waals surface area (Å²) < 4.78 is 0. The van der Waals surface area contributed by atoms with Gasteiger partial charge in [-0.25, -0.2) is 0 Å². The third kappa shape index (κ3) is 4.09. The van der Waals surface area contributed by atoms with Crippen molar-refractivity contribution in [3.05, 3.63) is 52.2 Å². The van der Waals surface area contributed by atoms with E-state index < -0.39 is 0 Å². The Morgan fingerprint density at radius 3 is 2.67 bits per heavy atom. The molecule has 1 N–H and O–H groups in total. The summed E-state index contributed by atoms with van der Waals surface area (Å²) >= 11 is 3.31. The summed E-state index contributed by atoms with van der Waals surface area (Å²) in [6.07, 6.45) is 1.99. The van der Waals surface area contributed by atoms with Crippen molar-refractivity contribution in [2.75, 3.05) is 26.9 Å².